The Balaban J connectivity index is 1.54. The van der Waals surface area contributed by atoms with Crippen molar-refractivity contribution >= 4 is 43.9 Å². The quantitative estimate of drug-likeness (QED) is 0.402. The zero-order valence-electron chi connectivity index (χ0n) is 17.7. The zero-order chi connectivity index (χ0) is 23.0. The van der Waals surface area contributed by atoms with Crippen LogP contribution in [0, 0.1) is 0 Å². The summed E-state index contributed by atoms with van der Waals surface area (Å²) >= 11 is 1.54. The molecule has 2 N–H and O–H groups in total. The number of rotatable bonds is 7. The molecule has 1 amide bonds. The molecule has 0 bridgehead atoms. The van der Waals surface area contributed by atoms with Crippen LogP contribution in [0.4, 0.5) is 5.69 Å². The number of carbonyl (C=O) groups is 1. The number of sulfonamides is 1. The first-order valence-corrected chi connectivity index (χ1v) is 12.8. The van der Waals surface area contributed by atoms with Crippen LogP contribution < -0.4 is 14.8 Å². The lowest BCUT2D eigenvalue weighted by atomic mass is 10.1. The van der Waals surface area contributed by atoms with Crippen LogP contribution >= 0.6 is 11.3 Å². The second-order valence-corrected chi connectivity index (χ2v) is 10.4. The van der Waals surface area contributed by atoms with Gasteiger partial charge in [0, 0.05) is 11.4 Å². The Labute approximate surface area is 195 Å². The van der Waals surface area contributed by atoms with E-state index in [9.17, 15) is 13.2 Å². The summed E-state index contributed by atoms with van der Waals surface area (Å²) in [6, 6.07) is 17.5. The maximum absolute atomic E-state index is 13.4. The van der Waals surface area contributed by atoms with E-state index in [4.69, 9.17) is 9.72 Å². The molecule has 4 aromatic rings. The van der Waals surface area contributed by atoms with Crippen LogP contribution in [0.3, 0.4) is 0 Å². The van der Waals surface area contributed by atoms with Crippen molar-refractivity contribution in [3.05, 3.63) is 71.6 Å². The minimum absolute atomic E-state index is 0.0194. The summed E-state index contributed by atoms with van der Waals surface area (Å²) in [5.74, 6) is -0.0139. The standard InChI is InChI=1S/C24H21N3O4S2/c1-31-22-11-10-16(33(29,30)27-15-8-9-15)13-20(22)26-24(28)18-14-21(23-7-4-12-32-23)25-19-6-3-2-5-17(18)19/h2-7,10-15,27H,8-9H2,1H3,(H,26,28). The highest BCUT2D eigenvalue weighted by atomic mass is 32.2. The molecule has 2 aromatic carbocycles. The summed E-state index contributed by atoms with van der Waals surface area (Å²) in [7, 11) is -2.21. The van der Waals surface area contributed by atoms with E-state index < -0.39 is 10.0 Å². The molecule has 0 saturated heterocycles. The number of hydrogen-bond donors (Lipinski definition) is 2. The third-order valence-corrected chi connectivity index (χ3v) is 7.77. The van der Waals surface area contributed by atoms with E-state index >= 15 is 0 Å². The molecule has 1 aliphatic carbocycles. The van der Waals surface area contributed by atoms with Crippen molar-refractivity contribution in [3.8, 4) is 16.3 Å². The maximum atomic E-state index is 13.4. The summed E-state index contributed by atoms with van der Waals surface area (Å²) in [5.41, 5.74) is 2.12. The van der Waals surface area contributed by atoms with Gasteiger partial charge in [-0.2, -0.15) is 0 Å². The fraction of sp³-hybridized carbons (Fsp3) is 0.167. The van der Waals surface area contributed by atoms with E-state index in [1.165, 1.54) is 19.2 Å². The summed E-state index contributed by atoms with van der Waals surface area (Å²) in [4.78, 5) is 19.1. The number of hydrogen-bond acceptors (Lipinski definition) is 6. The Hall–Kier alpha value is -3.27. The van der Waals surface area contributed by atoms with Crippen molar-refractivity contribution in [3.63, 3.8) is 0 Å². The van der Waals surface area contributed by atoms with Crippen molar-refractivity contribution in [1.29, 1.82) is 0 Å². The lowest BCUT2D eigenvalue weighted by Gasteiger charge is -2.14. The van der Waals surface area contributed by atoms with Gasteiger partial charge in [-0.25, -0.2) is 18.1 Å². The van der Waals surface area contributed by atoms with Crippen molar-refractivity contribution in [2.75, 3.05) is 12.4 Å². The Bertz CT molecular complexity index is 1450. The highest BCUT2D eigenvalue weighted by molar-refractivity contribution is 7.89. The van der Waals surface area contributed by atoms with Gasteiger partial charge in [0.15, 0.2) is 0 Å². The van der Waals surface area contributed by atoms with Gasteiger partial charge in [0.1, 0.15) is 5.75 Å². The van der Waals surface area contributed by atoms with Gasteiger partial charge in [0.05, 0.1) is 39.3 Å². The smallest absolute Gasteiger partial charge is 0.256 e. The highest BCUT2D eigenvalue weighted by Crippen LogP contribution is 2.32. The zero-order valence-corrected chi connectivity index (χ0v) is 19.4. The minimum Gasteiger partial charge on any atom is -0.495 e. The van der Waals surface area contributed by atoms with E-state index in [2.05, 4.69) is 10.0 Å². The number of pyridine rings is 1. The van der Waals surface area contributed by atoms with Gasteiger partial charge in [-0.3, -0.25) is 4.79 Å². The molecule has 0 unspecified atom stereocenters. The third kappa shape index (κ3) is 4.47. The number of aromatic nitrogens is 1. The van der Waals surface area contributed by atoms with E-state index in [-0.39, 0.29) is 22.5 Å². The number of benzene rings is 2. The van der Waals surface area contributed by atoms with E-state index in [1.807, 2.05) is 41.8 Å². The van der Waals surface area contributed by atoms with Gasteiger partial charge in [-0.05, 0) is 54.6 Å². The van der Waals surface area contributed by atoms with Gasteiger partial charge in [0.2, 0.25) is 10.0 Å². The molecular weight excluding hydrogens is 458 g/mol. The molecule has 1 fully saturated rings. The molecule has 33 heavy (non-hydrogen) atoms. The predicted molar refractivity (Wildman–Crippen MR) is 129 cm³/mol. The van der Waals surface area contributed by atoms with Crippen LogP contribution in [-0.2, 0) is 10.0 Å². The topological polar surface area (TPSA) is 97.4 Å². The largest absolute Gasteiger partial charge is 0.495 e. The number of anilines is 1. The number of carbonyl (C=O) groups excluding carboxylic acids is 1. The van der Waals surface area contributed by atoms with Crippen LogP contribution in [0.5, 0.6) is 5.75 Å². The average Bonchev–Trinajstić information content (AvgIpc) is 3.44. The molecule has 0 aliphatic heterocycles. The number of para-hydroxylation sites is 1. The molecule has 0 radical (unpaired) electrons. The number of ether oxygens (including phenoxy) is 1. The molecule has 0 spiro atoms. The Morgan fingerprint density at radius 1 is 1.09 bits per heavy atom. The molecule has 2 heterocycles. The minimum atomic E-state index is -3.68. The lowest BCUT2D eigenvalue weighted by molar-refractivity contribution is 0.102. The predicted octanol–water partition coefficient (Wildman–Crippen LogP) is 4.66. The first-order chi connectivity index (χ1) is 15.9. The van der Waals surface area contributed by atoms with Gasteiger partial charge >= 0.3 is 0 Å². The summed E-state index contributed by atoms with van der Waals surface area (Å²) in [6.45, 7) is 0. The molecule has 1 saturated carbocycles. The van der Waals surface area contributed by atoms with Crippen molar-refractivity contribution < 1.29 is 17.9 Å². The number of thiophene rings is 1. The number of methoxy groups -OCH3 is 1. The summed E-state index contributed by atoms with van der Waals surface area (Å²) < 4.78 is 33.4. The van der Waals surface area contributed by atoms with Crippen molar-refractivity contribution in [2.24, 2.45) is 0 Å². The van der Waals surface area contributed by atoms with Gasteiger partial charge < -0.3 is 10.1 Å². The van der Waals surface area contributed by atoms with Crippen LogP contribution in [0.25, 0.3) is 21.5 Å². The molecule has 168 valence electrons. The number of nitrogens with one attached hydrogen (secondary N) is 2. The monoisotopic (exact) mass is 479 g/mol. The molecule has 1 aliphatic rings. The normalized spacial score (nSPS) is 13.7. The Morgan fingerprint density at radius 3 is 2.64 bits per heavy atom. The van der Waals surface area contributed by atoms with E-state index in [0.717, 1.165) is 17.7 Å². The lowest BCUT2D eigenvalue weighted by Crippen LogP contribution is -2.26. The summed E-state index contributed by atoms with van der Waals surface area (Å²) in [5, 5.41) is 5.50. The second-order valence-electron chi connectivity index (χ2n) is 7.76. The fourth-order valence-electron chi connectivity index (χ4n) is 3.54. The van der Waals surface area contributed by atoms with Gasteiger partial charge in [-0.15, -0.1) is 11.3 Å². The van der Waals surface area contributed by atoms with Gasteiger partial charge in [-0.1, -0.05) is 24.3 Å². The van der Waals surface area contributed by atoms with E-state index in [0.29, 0.717) is 27.9 Å². The molecule has 5 rings (SSSR count). The Kier molecular flexibility index (Phi) is 5.61. The SMILES string of the molecule is COc1ccc(S(=O)(=O)NC2CC2)cc1NC(=O)c1cc(-c2cccs2)nc2ccccc12. The average molecular weight is 480 g/mol. The number of nitrogens with zero attached hydrogens (tertiary/aromatic N) is 1. The number of amides is 1. The summed E-state index contributed by atoms with van der Waals surface area (Å²) in [6.07, 6.45) is 1.67. The fourth-order valence-corrected chi connectivity index (χ4v) is 5.56. The van der Waals surface area contributed by atoms with Crippen LogP contribution in [-0.4, -0.2) is 32.5 Å². The maximum Gasteiger partial charge on any atom is 0.256 e. The number of fused-ring (bicyclic) bond motifs is 1. The van der Waals surface area contributed by atoms with Crippen LogP contribution in [0.2, 0.25) is 0 Å². The van der Waals surface area contributed by atoms with E-state index in [1.54, 1.807) is 23.5 Å². The first-order valence-electron chi connectivity index (χ1n) is 10.4. The second kappa shape index (κ2) is 8.58. The molecule has 9 heteroatoms. The highest BCUT2D eigenvalue weighted by Gasteiger charge is 2.28. The third-order valence-electron chi connectivity index (χ3n) is 5.36. The molecule has 2 aromatic heterocycles. The molecule has 7 nitrogen and oxygen atoms in total. The van der Waals surface area contributed by atoms with Crippen LogP contribution in [0.15, 0.2) is 70.9 Å². The van der Waals surface area contributed by atoms with Crippen LogP contribution in [0.1, 0.15) is 23.2 Å². The first kappa shape index (κ1) is 21.6. The molecule has 0 atom stereocenters. The molecular formula is C24H21N3O4S2. The van der Waals surface area contributed by atoms with Crippen molar-refractivity contribution in [2.45, 2.75) is 23.8 Å². The van der Waals surface area contributed by atoms with Gasteiger partial charge in [0.25, 0.3) is 5.91 Å². The Morgan fingerprint density at radius 2 is 1.91 bits per heavy atom. The van der Waals surface area contributed by atoms with Crippen molar-refractivity contribution in [1.82, 2.24) is 9.71 Å².